The molecule has 7 nitrogen and oxygen atoms in total. The Bertz CT molecular complexity index is 1630. The first kappa shape index (κ1) is 26.7. The predicted octanol–water partition coefficient (Wildman–Crippen LogP) is 7.05. The maximum atomic E-state index is 13.3. The number of amides is 1. The van der Waals surface area contributed by atoms with Crippen LogP contribution in [0.4, 0.5) is 18.9 Å². The second-order valence-electron chi connectivity index (χ2n) is 9.39. The van der Waals surface area contributed by atoms with Gasteiger partial charge in [-0.3, -0.25) is 14.9 Å². The fourth-order valence-electron chi connectivity index (χ4n) is 4.78. The van der Waals surface area contributed by atoms with Crippen LogP contribution in [0.25, 0.3) is 10.9 Å². The molecule has 1 atom stereocenters. The van der Waals surface area contributed by atoms with Crippen molar-refractivity contribution in [3.8, 4) is 0 Å². The van der Waals surface area contributed by atoms with Gasteiger partial charge >= 0.3 is 6.18 Å². The molecule has 204 valence electrons. The molecule has 0 fully saturated rings. The zero-order valence-corrected chi connectivity index (χ0v) is 21.1. The molecular weight excluding hydrogens is 523 g/mol. The monoisotopic (exact) mass is 547 g/mol. The van der Waals surface area contributed by atoms with Crippen LogP contribution in [0.5, 0.6) is 0 Å². The molecule has 10 heteroatoms. The number of fused-ring (bicyclic) bond motifs is 1. The fourth-order valence-corrected chi connectivity index (χ4v) is 4.78. The molecule has 0 bridgehead atoms. The Hall–Kier alpha value is -4.86. The van der Waals surface area contributed by atoms with Gasteiger partial charge in [-0.15, -0.1) is 0 Å². The number of carbonyl (C=O) groups is 1. The van der Waals surface area contributed by atoms with Crippen molar-refractivity contribution in [2.45, 2.75) is 31.6 Å². The number of nitro groups is 1. The summed E-state index contributed by atoms with van der Waals surface area (Å²) < 4.78 is 47.1. The van der Waals surface area contributed by atoms with E-state index >= 15 is 0 Å². The lowest BCUT2D eigenvalue weighted by atomic mass is 9.87. The smallest absolute Gasteiger partial charge is 0.416 e. The number of hydrogen-bond acceptors (Lipinski definition) is 4. The number of alkyl halides is 3. The van der Waals surface area contributed by atoms with Gasteiger partial charge in [-0.1, -0.05) is 42.5 Å². The van der Waals surface area contributed by atoms with E-state index in [-0.39, 0.29) is 24.6 Å². The Morgan fingerprint density at radius 1 is 1.00 bits per heavy atom. The molecule has 0 saturated carbocycles. The molecule has 0 radical (unpaired) electrons. The number of non-ortho nitro benzene ring substituents is 1. The highest BCUT2D eigenvalue weighted by Gasteiger charge is 2.31. The van der Waals surface area contributed by atoms with Gasteiger partial charge in [0.1, 0.15) is 5.76 Å². The van der Waals surface area contributed by atoms with E-state index in [4.69, 9.17) is 4.42 Å². The molecule has 0 aliphatic rings. The van der Waals surface area contributed by atoms with Gasteiger partial charge in [0.15, 0.2) is 0 Å². The molecule has 0 saturated heterocycles. The fraction of sp³-hybridized carbons (Fsp3) is 0.167. The minimum absolute atomic E-state index is 0.0980. The number of halogens is 3. The van der Waals surface area contributed by atoms with Crippen molar-refractivity contribution in [3.63, 3.8) is 0 Å². The number of carbonyl (C=O) groups excluding carboxylic acids is 1. The second kappa shape index (κ2) is 11.1. The zero-order chi connectivity index (χ0) is 28.3. The molecule has 0 aliphatic heterocycles. The average molecular weight is 548 g/mol. The topological polar surface area (TPSA) is 90.3 Å². The van der Waals surface area contributed by atoms with Crippen LogP contribution in [0.15, 0.2) is 102 Å². The lowest BCUT2D eigenvalue weighted by Crippen LogP contribution is -2.24. The van der Waals surface area contributed by atoms with Gasteiger partial charge in [-0.2, -0.15) is 13.2 Å². The summed E-state index contributed by atoms with van der Waals surface area (Å²) in [6.07, 6.45) is -1.30. The summed E-state index contributed by atoms with van der Waals surface area (Å²) >= 11 is 0. The average Bonchev–Trinajstić information content (AvgIpc) is 3.59. The van der Waals surface area contributed by atoms with Gasteiger partial charge in [0.25, 0.3) is 5.69 Å². The first-order valence-corrected chi connectivity index (χ1v) is 12.5. The zero-order valence-electron chi connectivity index (χ0n) is 21.1. The Balaban J connectivity index is 1.59. The van der Waals surface area contributed by atoms with Crippen molar-refractivity contribution in [2.75, 3.05) is 0 Å². The van der Waals surface area contributed by atoms with Gasteiger partial charge in [-0.25, -0.2) is 0 Å². The van der Waals surface area contributed by atoms with Crippen molar-refractivity contribution in [2.24, 2.45) is 0 Å². The van der Waals surface area contributed by atoms with Crippen LogP contribution in [0.2, 0.25) is 0 Å². The SMILES string of the molecule is O=C(C[C@@H](c1ccc(C(F)(F)F)cc1)c1cn(Cc2ccccc2)c2ccc([N+](=O)[O-])cc12)NCc1ccco1. The van der Waals surface area contributed by atoms with E-state index in [1.165, 1.54) is 30.5 Å². The van der Waals surface area contributed by atoms with Crippen LogP contribution in [0.3, 0.4) is 0 Å². The lowest BCUT2D eigenvalue weighted by molar-refractivity contribution is -0.384. The molecule has 2 heterocycles. The summed E-state index contributed by atoms with van der Waals surface area (Å²) in [5.41, 5.74) is 1.84. The molecule has 5 rings (SSSR count). The lowest BCUT2D eigenvalue weighted by Gasteiger charge is -2.18. The first-order chi connectivity index (χ1) is 19.2. The third-order valence-electron chi connectivity index (χ3n) is 6.75. The van der Waals surface area contributed by atoms with Crippen molar-refractivity contribution in [1.82, 2.24) is 9.88 Å². The first-order valence-electron chi connectivity index (χ1n) is 12.5. The molecule has 0 aliphatic carbocycles. The van der Waals surface area contributed by atoms with Gasteiger partial charge in [0, 0.05) is 48.1 Å². The van der Waals surface area contributed by atoms with E-state index in [1.54, 1.807) is 18.2 Å². The number of aromatic nitrogens is 1. The standard InChI is InChI=1S/C30H24F3N3O4/c31-30(32,33)22-10-8-21(9-11-22)25(16-29(37)34-17-24-7-4-14-40-24)27-19-35(18-20-5-2-1-3-6-20)28-13-12-23(36(38)39)15-26(27)28/h1-15,19,25H,16-18H2,(H,34,37)/t25-/m0/s1. The molecule has 1 amide bonds. The number of rotatable bonds is 9. The summed E-state index contributed by atoms with van der Waals surface area (Å²) in [7, 11) is 0. The third-order valence-corrected chi connectivity index (χ3v) is 6.75. The molecule has 0 unspecified atom stereocenters. The van der Waals surface area contributed by atoms with Crippen LogP contribution in [-0.4, -0.2) is 15.4 Å². The van der Waals surface area contributed by atoms with E-state index in [1.807, 2.05) is 41.1 Å². The number of benzene rings is 3. The highest BCUT2D eigenvalue weighted by atomic mass is 19.4. The minimum Gasteiger partial charge on any atom is -0.467 e. The van der Waals surface area contributed by atoms with Crippen molar-refractivity contribution >= 4 is 22.5 Å². The Morgan fingerprint density at radius 2 is 1.75 bits per heavy atom. The molecule has 40 heavy (non-hydrogen) atoms. The Kier molecular flexibility index (Phi) is 7.41. The van der Waals surface area contributed by atoms with E-state index in [9.17, 15) is 28.1 Å². The van der Waals surface area contributed by atoms with Crippen molar-refractivity contribution < 1.29 is 27.3 Å². The molecule has 0 spiro atoms. The van der Waals surface area contributed by atoms with Gasteiger partial charge < -0.3 is 14.3 Å². The second-order valence-corrected chi connectivity index (χ2v) is 9.39. The summed E-state index contributed by atoms with van der Waals surface area (Å²) in [5.74, 6) is -0.481. The van der Waals surface area contributed by atoms with Crippen molar-refractivity contribution in [1.29, 1.82) is 0 Å². The largest absolute Gasteiger partial charge is 0.467 e. The van der Waals surface area contributed by atoms with Gasteiger partial charge in [0.05, 0.1) is 23.3 Å². The van der Waals surface area contributed by atoms with Crippen LogP contribution in [0.1, 0.15) is 40.4 Å². The number of hydrogen-bond donors (Lipinski definition) is 1. The van der Waals surface area contributed by atoms with Gasteiger partial charge in [0.2, 0.25) is 5.91 Å². The maximum absolute atomic E-state index is 13.3. The van der Waals surface area contributed by atoms with E-state index in [2.05, 4.69) is 5.32 Å². The molecule has 5 aromatic rings. The molecule has 3 aromatic carbocycles. The highest BCUT2D eigenvalue weighted by molar-refractivity contribution is 5.88. The minimum atomic E-state index is -4.51. The molecule has 2 aromatic heterocycles. The van der Waals surface area contributed by atoms with Crippen LogP contribution in [0, 0.1) is 10.1 Å². The summed E-state index contributed by atoms with van der Waals surface area (Å²) in [4.78, 5) is 24.2. The predicted molar refractivity (Wildman–Crippen MR) is 143 cm³/mol. The van der Waals surface area contributed by atoms with Crippen LogP contribution in [-0.2, 0) is 24.1 Å². The summed E-state index contributed by atoms with van der Waals surface area (Å²) in [6.45, 7) is 0.604. The number of nitrogens with one attached hydrogen (secondary N) is 1. The van der Waals surface area contributed by atoms with Crippen LogP contribution < -0.4 is 5.32 Å². The normalized spacial score (nSPS) is 12.4. The van der Waals surface area contributed by atoms with Crippen molar-refractivity contribution in [3.05, 3.63) is 136 Å². The quantitative estimate of drug-likeness (QED) is 0.158. The molecule has 1 N–H and O–H groups in total. The van der Waals surface area contributed by atoms with Crippen LogP contribution >= 0.6 is 0 Å². The van der Waals surface area contributed by atoms with E-state index in [0.29, 0.717) is 34.3 Å². The third kappa shape index (κ3) is 5.90. The number of furan rings is 1. The van der Waals surface area contributed by atoms with E-state index in [0.717, 1.165) is 17.7 Å². The maximum Gasteiger partial charge on any atom is 0.416 e. The number of nitro benzene ring substituents is 1. The Morgan fingerprint density at radius 3 is 2.40 bits per heavy atom. The highest BCUT2D eigenvalue weighted by Crippen LogP contribution is 2.38. The summed E-state index contributed by atoms with van der Waals surface area (Å²) in [5, 5.41) is 15.0. The Labute approximate surface area is 227 Å². The van der Waals surface area contributed by atoms with E-state index < -0.39 is 22.6 Å². The summed E-state index contributed by atoms with van der Waals surface area (Å²) in [6, 6.07) is 22.2. The number of nitrogens with zero attached hydrogens (tertiary/aromatic N) is 2. The van der Waals surface area contributed by atoms with Gasteiger partial charge in [-0.05, 0) is 47.0 Å². The molecular formula is C30H24F3N3O4.